The molecule has 1 aliphatic heterocycles. The summed E-state index contributed by atoms with van der Waals surface area (Å²) in [5.74, 6) is -1.44. The lowest BCUT2D eigenvalue weighted by atomic mass is 10.1. The van der Waals surface area contributed by atoms with E-state index in [4.69, 9.17) is 0 Å². The molecule has 1 aliphatic rings. The molecule has 0 bridgehead atoms. The standard InChI is InChI=1S/C25H23N5O3/c1-29(25(33)18-11-17-7-5-6-10-22(17)27-14-18)16-23(31)30-15-19(12-21(30)13-26)24(32)28-20-8-3-2-4-9-20/h2-11,14,19,21H,12,15-16H2,1H3,(H,28,32). The quantitative estimate of drug-likeness (QED) is 0.655. The van der Waals surface area contributed by atoms with Gasteiger partial charge in [0.25, 0.3) is 5.91 Å². The Morgan fingerprint density at radius 2 is 1.88 bits per heavy atom. The predicted octanol–water partition coefficient (Wildman–Crippen LogP) is 2.69. The van der Waals surface area contributed by atoms with Crippen LogP contribution in [0.15, 0.2) is 66.9 Å². The molecule has 8 heteroatoms. The second-order valence-electron chi connectivity index (χ2n) is 8.06. The second kappa shape index (κ2) is 9.49. The van der Waals surface area contributed by atoms with Gasteiger partial charge in [-0.15, -0.1) is 0 Å². The zero-order valence-electron chi connectivity index (χ0n) is 18.1. The van der Waals surface area contributed by atoms with Crippen LogP contribution in [0.2, 0.25) is 0 Å². The van der Waals surface area contributed by atoms with Gasteiger partial charge in [-0.1, -0.05) is 36.4 Å². The number of nitrogens with zero attached hydrogens (tertiary/aromatic N) is 4. The van der Waals surface area contributed by atoms with Gasteiger partial charge in [0.05, 0.1) is 29.6 Å². The monoisotopic (exact) mass is 441 g/mol. The first kappa shape index (κ1) is 22.0. The summed E-state index contributed by atoms with van der Waals surface area (Å²) in [6.07, 6.45) is 1.75. The van der Waals surface area contributed by atoms with Crippen molar-refractivity contribution in [2.75, 3.05) is 25.5 Å². The van der Waals surface area contributed by atoms with Crippen LogP contribution in [0, 0.1) is 17.2 Å². The number of likely N-dealkylation sites (N-methyl/N-ethyl adjacent to an activating group) is 1. The van der Waals surface area contributed by atoms with E-state index in [1.807, 2.05) is 42.5 Å². The van der Waals surface area contributed by atoms with Crippen molar-refractivity contribution < 1.29 is 14.4 Å². The van der Waals surface area contributed by atoms with Crippen molar-refractivity contribution in [2.45, 2.75) is 12.5 Å². The molecular weight excluding hydrogens is 418 g/mol. The zero-order valence-corrected chi connectivity index (χ0v) is 18.1. The van der Waals surface area contributed by atoms with Gasteiger partial charge < -0.3 is 15.1 Å². The molecule has 2 aromatic carbocycles. The number of hydrogen-bond acceptors (Lipinski definition) is 5. The lowest BCUT2D eigenvalue weighted by molar-refractivity contribution is -0.131. The Kier molecular flexibility index (Phi) is 6.31. The van der Waals surface area contributed by atoms with Crippen LogP contribution in [-0.2, 0) is 9.59 Å². The normalized spacial score (nSPS) is 17.4. The number of para-hydroxylation sites is 2. The topological polar surface area (TPSA) is 106 Å². The van der Waals surface area contributed by atoms with Crippen molar-refractivity contribution in [3.63, 3.8) is 0 Å². The fraction of sp³-hybridized carbons (Fsp3) is 0.240. The molecule has 0 radical (unpaired) electrons. The number of amides is 3. The van der Waals surface area contributed by atoms with E-state index in [1.54, 1.807) is 18.2 Å². The molecule has 0 spiro atoms. The lowest BCUT2D eigenvalue weighted by Gasteiger charge is -2.24. The molecule has 2 atom stereocenters. The Hall–Kier alpha value is -4.25. The Bertz CT molecular complexity index is 1240. The third kappa shape index (κ3) is 4.83. The number of carbonyl (C=O) groups is 3. The highest BCUT2D eigenvalue weighted by atomic mass is 16.2. The van der Waals surface area contributed by atoms with Crippen LogP contribution in [-0.4, -0.2) is 58.7 Å². The number of benzene rings is 2. The maximum atomic E-state index is 12.9. The number of anilines is 1. The summed E-state index contributed by atoms with van der Waals surface area (Å²) in [7, 11) is 1.53. The first-order chi connectivity index (χ1) is 16.0. The van der Waals surface area contributed by atoms with E-state index >= 15 is 0 Å². The summed E-state index contributed by atoms with van der Waals surface area (Å²) in [6.45, 7) is -0.0633. The summed E-state index contributed by atoms with van der Waals surface area (Å²) in [5, 5.41) is 13.2. The highest BCUT2D eigenvalue weighted by Gasteiger charge is 2.39. The van der Waals surface area contributed by atoms with Gasteiger partial charge in [0.1, 0.15) is 6.04 Å². The van der Waals surface area contributed by atoms with Gasteiger partial charge >= 0.3 is 0 Å². The Balaban J connectivity index is 1.40. The molecule has 2 unspecified atom stereocenters. The van der Waals surface area contributed by atoms with Crippen LogP contribution in [0.3, 0.4) is 0 Å². The van der Waals surface area contributed by atoms with E-state index in [2.05, 4.69) is 16.4 Å². The maximum absolute atomic E-state index is 12.9. The number of aromatic nitrogens is 1. The van der Waals surface area contributed by atoms with E-state index in [0.29, 0.717) is 11.3 Å². The van der Waals surface area contributed by atoms with Gasteiger partial charge in [0.2, 0.25) is 11.8 Å². The molecule has 0 saturated carbocycles. The third-order valence-corrected chi connectivity index (χ3v) is 5.74. The minimum absolute atomic E-state index is 0.134. The van der Waals surface area contributed by atoms with E-state index < -0.39 is 12.0 Å². The molecule has 8 nitrogen and oxygen atoms in total. The molecule has 33 heavy (non-hydrogen) atoms. The second-order valence-corrected chi connectivity index (χ2v) is 8.06. The fourth-order valence-electron chi connectivity index (χ4n) is 3.96. The van der Waals surface area contributed by atoms with Gasteiger partial charge in [-0.3, -0.25) is 19.4 Å². The van der Waals surface area contributed by atoms with Crippen molar-refractivity contribution in [2.24, 2.45) is 5.92 Å². The molecule has 2 heterocycles. The predicted molar refractivity (Wildman–Crippen MR) is 123 cm³/mol. The maximum Gasteiger partial charge on any atom is 0.255 e. The van der Waals surface area contributed by atoms with E-state index in [1.165, 1.54) is 23.0 Å². The number of fused-ring (bicyclic) bond motifs is 1. The van der Waals surface area contributed by atoms with Crippen molar-refractivity contribution in [3.8, 4) is 6.07 Å². The molecule has 1 saturated heterocycles. The number of pyridine rings is 1. The number of nitrogens with one attached hydrogen (secondary N) is 1. The van der Waals surface area contributed by atoms with Gasteiger partial charge in [0, 0.05) is 30.9 Å². The smallest absolute Gasteiger partial charge is 0.255 e. The molecule has 4 rings (SSSR count). The summed E-state index contributed by atoms with van der Waals surface area (Å²) in [4.78, 5) is 45.4. The summed E-state index contributed by atoms with van der Waals surface area (Å²) in [5.41, 5.74) is 1.82. The van der Waals surface area contributed by atoms with Crippen molar-refractivity contribution in [1.29, 1.82) is 5.26 Å². The van der Waals surface area contributed by atoms with Crippen LogP contribution in [0.1, 0.15) is 16.8 Å². The van der Waals surface area contributed by atoms with E-state index in [-0.39, 0.29) is 37.2 Å². The number of likely N-dealkylation sites (tertiary alicyclic amines) is 1. The van der Waals surface area contributed by atoms with Gasteiger partial charge in [-0.05, 0) is 30.7 Å². The first-order valence-electron chi connectivity index (χ1n) is 10.6. The lowest BCUT2D eigenvalue weighted by Crippen LogP contribution is -2.43. The van der Waals surface area contributed by atoms with Gasteiger partial charge in [-0.2, -0.15) is 5.26 Å². The minimum Gasteiger partial charge on any atom is -0.332 e. The largest absolute Gasteiger partial charge is 0.332 e. The van der Waals surface area contributed by atoms with Gasteiger partial charge in [-0.25, -0.2) is 0 Å². The number of nitriles is 1. The highest BCUT2D eigenvalue weighted by molar-refractivity contribution is 5.99. The number of carbonyl (C=O) groups excluding carboxylic acids is 3. The van der Waals surface area contributed by atoms with E-state index in [0.717, 1.165) is 10.9 Å². The Morgan fingerprint density at radius 3 is 2.64 bits per heavy atom. The number of rotatable bonds is 5. The zero-order chi connectivity index (χ0) is 23.4. The molecule has 166 valence electrons. The first-order valence-corrected chi connectivity index (χ1v) is 10.6. The molecule has 3 amide bonds. The SMILES string of the molecule is CN(CC(=O)N1CC(C(=O)Nc2ccccc2)CC1C#N)C(=O)c1cnc2ccccc2c1. The summed E-state index contributed by atoms with van der Waals surface area (Å²) < 4.78 is 0. The molecular formula is C25H23N5O3. The van der Waals surface area contributed by atoms with Gasteiger partial charge in [0.15, 0.2) is 0 Å². The van der Waals surface area contributed by atoms with Crippen molar-refractivity contribution in [1.82, 2.24) is 14.8 Å². The third-order valence-electron chi connectivity index (χ3n) is 5.74. The van der Waals surface area contributed by atoms with Crippen LogP contribution in [0.5, 0.6) is 0 Å². The summed E-state index contributed by atoms with van der Waals surface area (Å²) >= 11 is 0. The Morgan fingerprint density at radius 1 is 1.15 bits per heavy atom. The van der Waals surface area contributed by atoms with Crippen molar-refractivity contribution in [3.05, 3.63) is 72.4 Å². The fourth-order valence-corrected chi connectivity index (χ4v) is 3.96. The Labute approximate surface area is 191 Å². The molecule has 3 aromatic rings. The molecule has 1 fully saturated rings. The van der Waals surface area contributed by atoms with Crippen LogP contribution >= 0.6 is 0 Å². The number of hydrogen-bond donors (Lipinski definition) is 1. The molecule has 1 N–H and O–H groups in total. The molecule has 1 aromatic heterocycles. The van der Waals surface area contributed by atoms with E-state index in [9.17, 15) is 19.6 Å². The summed E-state index contributed by atoms with van der Waals surface area (Å²) in [6, 6.07) is 19.6. The average molecular weight is 441 g/mol. The highest BCUT2D eigenvalue weighted by Crippen LogP contribution is 2.25. The van der Waals surface area contributed by atoms with Crippen LogP contribution in [0.4, 0.5) is 5.69 Å². The van der Waals surface area contributed by atoms with Crippen LogP contribution in [0.25, 0.3) is 10.9 Å². The van der Waals surface area contributed by atoms with Crippen molar-refractivity contribution >= 4 is 34.3 Å². The molecule has 0 aliphatic carbocycles. The minimum atomic E-state index is -0.713. The van der Waals surface area contributed by atoms with Crippen LogP contribution < -0.4 is 5.32 Å². The average Bonchev–Trinajstić information content (AvgIpc) is 3.29.